The third-order valence-corrected chi connectivity index (χ3v) is 2.33. The first kappa shape index (κ1) is 11.1. The van der Waals surface area contributed by atoms with Crippen molar-refractivity contribution in [2.24, 2.45) is 5.73 Å². The van der Waals surface area contributed by atoms with E-state index in [-0.39, 0.29) is 11.5 Å². The number of alkyl halides is 2. The van der Waals surface area contributed by atoms with Gasteiger partial charge < -0.3 is 20.3 Å². The SMILES string of the molecule is C[C@H](O)[C@H](N)c1ccc2c(c1)OC(F)(F)O2. The zero-order valence-corrected chi connectivity index (χ0v) is 8.48. The van der Waals surface area contributed by atoms with Gasteiger partial charge in [0.25, 0.3) is 0 Å². The molecule has 0 fully saturated rings. The Labute approximate surface area is 90.6 Å². The van der Waals surface area contributed by atoms with Gasteiger partial charge in [0.15, 0.2) is 11.5 Å². The Morgan fingerprint density at radius 2 is 1.94 bits per heavy atom. The normalized spacial score (nSPS) is 20.6. The molecule has 16 heavy (non-hydrogen) atoms. The highest BCUT2D eigenvalue weighted by Crippen LogP contribution is 2.41. The molecule has 0 amide bonds. The molecule has 1 aliphatic heterocycles. The predicted octanol–water partition coefficient (Wildman–Crippen LogP) is 1.39. The van der Waals surface area contributed by atoms with E-state index in [4.69, 9.17) is 5.73 Å². The predicted molar refractivity (Wildman–Crippen MR) is 51.3 cm³/mol. The van der Waals surface area contributed by atoms with Crippen LogP contribution in [0, 0.1) is 0 Å². The van der Waals surface area contributed by atoms with Crippen LogP contribution in [0.25, 0.3) is 0 Å². The van der Waals surface area contributed by atoms with Gasteiger partial charge in [0, 0.05) is 0 Å². The minimum Gasteiger partial charge on any atom is -0.395 e. The molecule has 3 N–H and O–H groups in total. The quantitative estimate of drug-likeness (QED) is 0.807. The molecule has 1 aromatic rings. The Morgan fingerprint density at radius 1 is 1.31 bits per heavy atom. The number of benzene rings is 1. The maximum atomic E-state index is 12.7. The van der Waals surface area contributed by atoms with Crippen LogP contribution in [0.15, 0.2) is 18.2 Å². The van der Waals surface area contributed by atoms with Crippen LogP contribution in [-0.4, -0.2) is 17.5 Å². The lowest BCUT2D eigenvalue weighted by atomic mass is 10.0. The van der Waals surface area contributed by atoms with E-state index in [1.807, 2.05) is 0 Å². The fourth-order valence-electron chi connectivity index (χ4n) is 1.45. The lowest BCUT2D eigenvalue weighted by molar-refractivity contribution is -0.286. The van der Waals surface area contributed by atoms with E-state index < -0.39 is 18.4 Å². The van der Waals surface area contributed by atoms with Crippen molar-refractivity contribution >= 4 is 0 Å². The summed E-state index contributed by atoms with van der Waals surface area (Å²) in [4.78, 5) is 0. The Morgan fingerprint density at radius 3 is 2.56 bits per heavy atom. The highest BCUT2D eigenvalue weighted by Gasteiger charge is 2.43. The third kappa shape index (κ3) is 1.94. The Balaban J connectivity index is 2.29. The first-order valence-corrected chi connectivity index (χ1v) is 4.72. The molecule has 0 bridgehead atoms. The molecule has 0 aliphatic carbocycles. The van der Waals surface area contributed by atoms with E-state index >= 15 is 0 Å². The van der Waals surface area contributed by atoms with Crippen LogP contribution in [0.3, 0.4) is 0 Å². The molecule has 0 spiro atoms. The van der Waals surface area contributed by atoms with Crippen LogP contribution >= 0.6 is 0 Å². The third-order valence-electron chi connectivity index (χ3n) is 2.33. The Hall–Kier alpha value is -1.40. The van der Waals surface area contributed by atoms with Crippen molar-refractivity contribution in [3.8, 4) is 11.5 Å². The fraction of sp³-hybridized carbons (Fsp3) is 0.400. The number of nitrogens with two attached hydrogens (primary N) is 1. The van der Waals surface area contributed by atoms with E-state index in [1.165, 1.54) is 25.1 Å². The summed E-state index contributed by atoms with van der Waals surface area (Å²) in [5, 5.41) is 9.28. The molecule has 1 aromatic carbocycles. The van der Waals surface area contributed by atoms with Gasteiger partial charge in [0.1, 0.15) is 0 Å². The average Bonchev–Trinajstić information content (AvgIpc) is 2.48. The lowest BCUT2D eigenvalue weighted by Crippen LogP contribution is -2.26. The van der Waals surface area contributed by atoms with Crippen LogP contribution < -0.4 is 15.2 Å². The standard InChI is InChI=1S/C10H11F2NO3/c1-5(14)9(13)6-2-3-7-8(4-6)16-10(11,12)15-7/h2-5,9,14H,13H2,1H3/t5-,9-/m0/s1. The second kappa shape index (κ2) is 3.57. The van der Waals surface area contributed by atoms with Crippen LogP contribution in [-0.2, 0) is 0 Å². The van der Waals surface area contributed by atoms with Crippen LogP contribution in [0.2, 0.25) is 0 Å². The van der Waals surface area contributed by atoms with Gasteiger partial charge in [-0.1, -0.05) is 6.07 Å². The summed E-state index contributed by atoms with van der Waals surface area (Å²) < 4.78 is 33.9. The number of halogens is 2. The van der Waals surface area contributed by atoms with Gasteiger partial charge in [-0.25, -0.2) is 0 Å². The summed E-state index contributed by atoms with van der Waals surface area (Å²) in [6.07, 6.45) is -4.41. The van der Waals surface area contributed by atoms with E-state index in [0.29, 0.717) is 5.56 Å². The van der Waals surface area contributed by atoms with Gasteiger partial charge in [-0.05, 0) is 24.6 Å². The topological polar surface area (TPSA) is 64.7 Å². The molecule has 1 aliphatic rings. The molecule has 2 rings (SSSR count). The van der Waals surface area contributed by atoms with Gasteiger partial charge in [-0.15, -0.1) is 8.78 Å². The first-order valence-electron chi connectivity index (χ1n) is 4.72. The van der Waals surface area contributed by atoms with Crippen molar-refractivity contribution in [3.05, 3.63) is 23.8 Å². The molecule has 2 atom stereocenters. The summed E-state index contributed by atoms with van der Waals surface area (Å²) in [5.41, 5.74) is 6.17. The van der Waals surface area contributed by atoms with E-state index in [0.717, 1.165) is 0 Å². The second-order valence-electron chi connectivity index (χ2n) is 3.64. The average molecular weight is 231 g/mol. The molecule has 1 heterocycles. The van der Waals surface area contributed by atoms with Crippen molar-refractivity contribution in [1.29, 1.82) is 0 Å². The van der Waals surface area contributed by atoms with Gasteiger partial charge in [-0.3, -0.25) is 0 Å². The zero-order valence-electron chi connectivity index (χ0n) is 8.48. The number of rotatable bonds is 2. The van der Waals surface area contributed by atoms with Crippen molar-refractivity contribution in [1.82, 2.24) is 0 Å². The maximum Gasteiger partial charge on any atom is 0.586 e. The fourth-order valence-corrected chi connectivity index (χ4v) is 1.45. The summed E-state index contributed by atoms with van der Waals surface area (Å²) in [5.74, 6) is -0.106. The summed E-state index contributed by atoms with van der Waals surface area (Å²) in [6.45, 7) is 1.52. The molecule has 0 aromatic heterocycles. The molecule has 0 saturated carbocycles. The molecular formula is C10H11F2NO3. The lowest BCUT2D eigenvalue weighted by Gasteiger charge is -2.14. The number of aliphatic hydroxyl groups excluding tert-OH is 1. The first-order chi connectivity index (χ1) is 7.39. The molecule has 88 valence electrons. The zero-order chi connectivity index (χ0) is 11.9. The van der Waals surface area contributed by atoms with Gasteiger partial charge in [-0.2, -0.15) is 0 Å². The van der Waals surface area contributed by atoms with Crippen molar-refractivity contribution in [2.75, 3.05) is 0 Å². The maximum absolute atomic E-state index is 12.7. The van der Waals surface area contributed by atoms with Gasteiger partial charge in [0.05, 0.1) is 12.1 Å². The molecule has 6 heteroatoms. The van der Waals surface area contributed by atoms with Crippen molar-refractivity contribution < 1.29 is 23.4 Å². The largest absolute Gasteiger partial charge is 0.586 e. The van der Waals surface area contributed by atoms with Gasteiger partial charge in [0.2, 0.25) is 0 Å². The molecular weight excluding hydrogens is 220 g/mol. The number of aliphatic hydroxyl groups is 1. The Bertz CT molecular complexity index is 409. The molecule has 4 nitrogen and oxygen atoms in total. The molecule has 0 unspecified atom stereocenters. The second-order valence-corrected chi connectivity index (χ2v) is 3.64. The molecule has 0 radical (unpaired) electrons. The van der Waals surface area contributed by atoms with Crippen molar-refractivity contribution in [3.63, 3.8) is 0 Å². The summed E-state index contributed by atoms with van der Waals surface area (Å²) in [7, 11) is 0. The number of hydrogen-bond donors (Lipinski definition) is 2. The van der Waals surface area contributed by atoms with E-state index in [2.05, 4.69) is 9.47 Å². The summed E-state index contributed by atoms with van der Waals surface area (Å²) in [6, 6.07) is 3.55. The highest BCUT2D eigenvalue weighted by atomic mass is 19.3. The summed E-state index contributed by atoms with van der Waals surface area (Å²) >= 11 is 0. The highest BCUT2D eigenvalue weighted by molar-refractivity contribution is 5.46. The van der Waals surface area contributed by atoms with E-state index in [1.54, 1.807) is 0 Å². The minimum absolute atomic E-state index is 0.0356. The monoisotopic (exact) mass is 231 g/mol. The van der Waals surface area contributed by atoms with Gasteiger partial charge >= 0.3 is 6.29 Å². The van der Waals surface area contributed by atoms with Crippen LogP contribution in [0.5, 0.6) is 11.5 Å². The minimum atomic E-state index is -3.63. The Kier molecular flexibility index (Phi) is 2.47. The van der Waals surface area contributed by atoms with Crippen LogP contribution in [0.4, 0.5) is 8.78 Å². The van der Waals surface area contributed by atoms with E-state index in [9.17, 15) is 13.9 Å². The van der Waals surface area contributed by atoms with Crippen molar-refractivity contribution in [2.45, 2.75) is 25.4 Å². The smallest absolute Gasteiger partial charge is 0.395 e. The van der Waals surface area contributed by atoms with Crippen LogP contribution in [0.1, 0.15) is 18.5 Å². The number of fused-ring (bicyclic) bond motifs is 1. The number of hydrogen-bond acceptors (Lipinski definition) is 4. The number of ether oxygens (including phenoxy) is 2. The molecule has 0 saturated heterocycles.